The van der Waals surface area contributed by atoms with E-state index >= 15 is 0 Å². The van der Waals surface area contributed by atoms with Crippen LogP contribution in [0.1, 0.15) is 42.5 Å². The van der Waals surface area contributed by atoms with E-state index in [1.165, 1.54) is 17.5 Å². The normalized spacial score (nSPS) is 22.2. The number of ether oxygens (including phenoxy) is 1. The first-order chi connectivity index (χ1) is 15.7. The summed E-state index contributed by atoms with van der Waals surface area (Å²) in [6, 6.07) is 17.2. The predicted octanol–water partition coefficient (Wildman–Crippen LogP) is 4.69. The van der Waals surface area contributed by atoms with E-state index in [2.05, 4.69) is 63.2 Å². The minimum Gasteiger partial charge on any atom is -0.485 e. The predicted molar refractivity (Wildman–Crippen MR) is 124 cm³/mol. The molecule has 0 amide bonds. The number of rotatable bonds is 4. The topological polar surface area (TPSA) is 86.2 Å². The second-order valence-corrected chi connectivity index (χ2v) is 8.96. The minimum absolute atomic E-state index is 0.0686. The van der Waals surface area contributed by atoms with Crippen LogP contribution in [0, 0.1) is 5.92 Å². The monoisotopic (exact) mass is 426 g/mol. The molecule has 1 aliphatic heterocycles. The fourth-order valence-electron chi connectivity index (χ4n) is 5.12. The molecule has 1 saturated carbocycles. The Bertz CT molecular complexity index is 1280. The summed E-state index contributed by atoms with van der Waals surface area (Å²) < 4.78 is 8.65. The van der Waals surface area contributed by atoms with Crippen LogP contribution in [0.25, 0.3) is 22.2 Å². The summed E-state index contributed by atoms with van der Waals surface area (Å²) in [5.41, 5.74) is 11.7. The Morgan fingerprint density at radius 1 is 1.09 bits per heavy atom. The second kappa shape index (κ2) is 7.64. The minimum atomic E-state index is 0.0686. The first-order valence-corrected chi connectivity index (χ1v) is 11.3. The van der Waals surface area contributed by atoms with Crippen LogP contribution in [0.2, 0.25) is 0 Å². The molecule has 6 nitrogen and oxygen atoms in total. The maximum atomic E-state index is 9.44. The third-order valence-corrected chi connectivity index (χ3v) is 7.00. The fourth-order valence-corrected chi connectivity index (χ4v) is 5.12. The summed E-state index contributed by atoms with van der Waals surface area (Å²) in [7, 11) is 0. The molecular formula is C26H26N4O2. The maximum Gasteiger partial charge on any atom is 0.146 e. The van der Waals surface area contributed by atoms with Gasteiger partial charge in [-0.05, 0) is 54.4 Å². The van der Waals surface area contributed by atoms with Crippen LogP contribution in [0.3, 0.4) is 0 Å². The van der Waals surface area contributed by atoms with Crippen molar-refractivity contribution in [1.82, 2.24) is 14.5 Å². The van der Waals surface area contributed by atoms with Crippen LogP contribution in [0.5, 0.6) is 5.75 Å². The number of fused-ring (bicyclic) bond motifs is 2. The number of nitrogens with two attached hydrogens (primary N) is 1. The molecule has 0 radical (unpaired) electrons. The highest BCUT2D eigenvalue weighted by Gasteiger charge is 2.32. The molecular weight excluding hydrogens is 400 g/mol. The average molecular weight is 427 g/mol. The number of anilines is 1. The van der Waals surface area contributed by atoms with Crippen molar-refractivity contribution in [2.45, 2.75) is 37.8 Å². The van der Waals surface area contributed by atoms with Crippen molar-refractivity contribution in [2.24, 2.45) is 5.92 Å². The highest BCUT2D eigenvalue weighted by molar-refractivity contribution is 6.00. The molecule has 0 bridgehead atoms. The van der Waals surface area contributed by atoms with Crippen molar-refractivity contribution in [3.63, 3.8) is 0 Å². The molecule has 2 aromatic heterocycles. The Balaban J connectivity index is 1.40. The number of aromatic nitrogens is 3. The van der Waals surface area contributed by atoms with Crippen molar-refractivity contribution in [1.29, 1.82) is 0 Å². The molecule has 4 aromatic rings. The third-order valence-electron chi connectivity index (χ3n) is 7.00. The van der Waals surface area contributed by atoms with Gasteiger partial charge in [-0.1, -0.05) is 42.5 Å². The first-order valence-electron chi connectivity index (χ1n) is 11.3. The number of nitrogen functional groups attached to an aromatic ring is 1. The van der Waals surface area contributed by atoms with Crippen LogP contribution in [0.4, 0.5) is 5.82 Å². The molecule has 162 valence electrons. The first kappa shape index (κ1) is 19.3. The maximum absolute atomic E-state index is 9.44. The smallest absolute Gasteiger partial charge is 0.146 e. The lowest BCUT2D eigenvalue weighted by Gasteiger charge is -2.35. The van der Waals surface area contributed by atoms with Gasteiger partial charge in [-0.2, -0.15) is 0 Å². The Hall–Kier alpha value is -3.38. The van der Waals surface area contributed by atoms with Gasteiger partial charge in [-0.3, -0.25) is 0 Å². The van der Waals surface area contributed by atoms with Gasteiger partial charge in [0.25, 0.3) is 0 Å². The quantitative estimate of drug-likeness (QED) is 0.494. The molecule has 3 heterocycles. The van der Waals surface area contributed by atoms with E-state index in [1.807, 2.05) is 6.07 Å². The Morgan fingerprint density at radius 2 is 1.94 bits per heavy atom. The molecule has 0 saturated heterocycles. The summed E-state index contributed by atoms with van der Waals surface area (Å²) in [5, 5.41) is 10.3. The summed E-state index contributed by atoms with van der Waals surface area (Å²) in [5.74, 6) is 1.79. The standard InChI is InChI=1S/C26H26N4O2/c27-25-24-21(13-30(26(24)29-15-28-25)20-10-16(11-20)14-31)19-7-6-18-8-9-22(32-23(18)12-19)17-4-2-1-3-5-17/h1-7,12-13,15-16,20,22,31H,8-11,14H2,(H2,27,28,29)/t16-,20+,22-/m1/s1. The lowest BCUT2D eigenvalue weighted by molar-refractivity contribution is 0.114. The molecule has 2 aromatic carbocycles. The van der Waals surface area contributed by atoms with Gasteiger partial charge in [-0.15, -0.1) is 0 Å². The number of hydrogen-bond donors (Lipinski definition) is 2. The molecule has 32 heavy (non-hydrogen) atoms. The van der Waals surface area contributed by atoms with E-state index in [4.69, 9.17) is 10.5 Å². The summed E-state index contributed by atoms with van der Waals surface area (Å²) in [6.45, 7) is 0.240. The highest BCUT2D eigenvalue weighted by atomic mass is 16.5. The SMILES string of the molecule is Nc1ncnc2c1c(-c1ccc3c(c1)O[C@@H](c1ccccc1)CC3)cn2[C@H]1C[C@@H](CO)C1. The lowest BCUT2D eigenvalue weighted by Crippen LogP contribution is -2.28. The van der Waals surface area contributed by atoms with Crippen molar-refractivity contribution < 1.29 is 9.84 Å². The largest absolute Gasteiger partial charge is 0.485 e. The Labute approximate surface area is 186 Å². The molecule has 6 rings (SSSR count). The molecule has 6 heteroatoms. The van der Waals surface area contributed by atoms with Gasteiger partial charge in [0.15, 0.2) is 0 Å². The van der Waals surface area contributed by atoms with Crippen molar-refractivity contribution in [2.75, 3.05) is 12.3 Å². The molecule has 2 aliphatic rings. The summed E-state index contributed by atoms with van der Waals surface area (Å²) in [4.78, 5) is 8.82. The van der Waals surface area contributed by atoms with E-state index in [0.29, 0.717) is 17.8 Å². The van der Waals surface area contributed by atoms with Gasteiger partial charge in [0.1, 0.15) is 29.6 Å². The van der Waals surface area contributed by atoms with E-state index in [0.717, 1.165) is 53.6 Å². The van der Waals surface area contributed by atoms with E-state index in [-0.39, 0.29) is 12.7 Å². The number of aliphatic hydroxyl groups excluding tert-OH is 1. The summed E-state index contributed by atoms with van der Waals surface area (Å²) >= 11 is 0. The zero-order valence-corrected chi connectivity index (χ0v) is 17.8. The Morgan fingerprint density at radius 3 is 2.75 bits per heavy atom. The van der Waals surface area contributed by atoms with Crippen LogP contribution < -0.4 is 10.5 Å². The van der Waals surface area contributed by atoms with Gasteiger partial charge in [-0.25, -0.2) is 9.97 Å². The van der Waals surface area contributed by atoms with Crippen LogP contribution in [0.15, 0.2) is 61.1 Å². The van der Waals surface area contributed by atoms with E-state index < -0.39 is 0 Å². The molecule has 0 spiro atoms. The van der Waals surface area contributed by atoms with Crippen molar-refractivity contribution in [3.05, 3.63) is 72.2 Å². The fraction of sp³-hybridized carbons (Fsp3) is 0.308. The van der Waals surface area contributed by atoms with E-state index in [1.54, 1.807) is 0 Å². The van der Waals surface area contributed by atoms with Crippen LogP contribution >= 0.6 is 0 Å². The van der Waals surface area contributed by atoms with Crippen molar-refractivity contribution in [3.8, 4) is 16.9 Å². The average Bonchev–Trinajstić information content (AvgIpc) is 3.19. The van der Waals surface area contributed by atoms with E-state index in [9.17, 15) is 5.11 Å². The summed E-state index contributed by atoms with van der Waals surface area (Å²) in [6.07, 6.45) is 7.62. The zero-order valence-electron chi connectivity index (χ0n) is 17.8. The zero-order chi connectivity index (χ0) is 21.7. The van der Waals surface area contributed by atoms with Crippen LogP contribution in [-0.4, -0.2) is 26.2 Å². The highest BCUT2D eigenvalue weighted by Crippen LogP contribution is 2.44. The van der Waals surface area contributed by atoms with Gasteiger partial charge in [0.2, 0.25) is 0 Å². The number of benzene rings is 2. The van der Waals surface area contributed by atoms with Gasteiger partial charge in [0.05, 0.1) is 5.39 Å². The van der Waals surface area contributed by atoms with Crippen molar-refractivity contribution >= 4 is 16.9 Å². The Kier molecular flexibility index (Phi) is 4.61. The van der Waals surface area contributed by atoms with Crippen LogP contribution in [-0.2, 0) is 6.42 Å². The number of hydrogen-bond acceptors (Lipinski definition) is 5. The van der Waals surface area contributed by atoms with Gasteiger partial charge >= 0.3 is 0 Å². The molecule has 0 unspecified atom stereocenters. The van der Waals surface area contributed by atoms with Gasteiger partial charge < -0.3 is 20.1 Å². The third kappa shape index (κ3) is 3.14. The number of aryl methyl sites for hydroxylation is 1. The molecule has 1 atom stereocenters. The van der Waals surface area contributed by atoms with Gasteiger partial charge in [0, 0.05) is 24.4 Å². The number of nitrogens with zero attached hydrogens (tertiary/aromatic N) is 3. The molecule has 1 aliphatic carbocycles. The second-order valence-electron chi connectivity index (χ2n) is 8.96. The number of aliphatic hydroxyl groups is 1. The molecule has 3 N–H and O–H groups in total. The lowest BCUT2D eigenvalue weighted by atomic mass is 9.81. The molecule has 1 fully saturated rings.